The van der Waals surface area contributed by atoms with Crippen LogP contribution in [0.25, 0.3) is 0 Å². The fourth-order valence-electron chi connectivity index (χ4n) is 2.18. The molecule has 0 bridgehead atoms. The first kappa shape index (κ1) is 8.76. The fraction of sp³-hybridized carbons (Fsp3) is 0.500. The second-order valence-electron chi connectivity index (χ2n) is 4.74. The zero-order valence-corrected chi connectivity index (χ0v) is 8.54. The van der Waals surface area contributed by atoms with Crippen molar-refractivity contribution in [1.82, 2.24) is 0 Å². The molecule has 2 N–H and O–H groups in total. The molecule has 1 heteroatoms. The maximum Gasteiger partial charge on any atom is 0.0172 e. The Morgan fingerprint density at radius 1 is 1.31 bits per heavy atom. The summed E-state index contributed by atoms with van der Waals surface area (Å²) in [7, 11) is 0. The molecule has 13 heavy (non-hydrogen) atoms. The second-order valence-corrected chi connectivity index (χ2v) is 4.74. The highest BCUT2D eigenvalue weighted by Gasteiger charge is 2.55. The van der Waals surface area contributed by atoms with Gasteiger partial charge in [0.05, 0.1) is 0 Å². The summed E-state index contributed by atoms with van der Waals surface area (Å²) in [5.74, 6) is 0.562. The van der Waals surface area contributed by atoms with Crippen LogP contribution >= 0.6 is 0 Å². The molecule has 1 nitrogen and oxygen atoms in total. The summed E-state index contributed by atoms with van der Waals surface area (Å²) in [6, 6.07) is 9.02. The van der Waals surface area contributed by atoms with Gasteiger partial charge in [-0.05, 0) is 17.9 Å². The van der Waals surface area contributed by atoms with Crippen LogP contribution in [-0.4, -0.2) is 6.04 Å². The third kappa shape index (κ3) is 1.28. The van der Waals surface area contributed by atoms with E-state index >= 15 is 0 Å². The normalized spacial score (nSPS) is 30.2. The molecule has 0 aliphatic heterocycles. The largest absolute Gasteiger partial charge is 0.327 e. The minimum atomic E-state index is 0.299. The summed E-state index contributed by atoms with van der Waals surface area (Å²) in [6.45, 7) is 6.61. The topological polar surface area (TPSA) is 26.0 Å². The highest BCUT2D eigenvalue weighted by Crippen LogP contribution is 2.57. The van der Waals surface area contributed by atoms with E-state index in [0.29, 0.717) is 17.4 Å². The van der Waals surface area contributed by atoms with E-state index < -0.39 is 0 Å². The Kier molecular flexibility index (Phi) is 1.74. The zero-order valence-electron chi connectivity index (χ0n) is 8.54. The zero-order chi connectivity index (χ0) is 9.64. The Balaban J connectivity index is 2.29. The van der Waals surface area contributed by atoms with Crippen molar-refractivity contribution in [2.75, 3.05) is 0 Å². The van der Waals surface area contributed by atoms with Crippen molar-refractivity contribution in [3.8, 4) is 0 Å². The molecular weight excluding hydrogens is 158 g/mol. The molecule has 1 fully saturated rings. The summed E-state index contributed by atoms with van der Waals surface area (Å²) in [5.41, 5.74) is 9.05. The first-order valence-corrected chi connectivity index (χ1v) is 4.85. The average Bonchev–Trinajstić information content (AvgIpc) is 2.51. The smallest absolute Gasteiger partial charge is 0.0172 e. The lowest BCUT2D eigenvalue weighted by molar-refractivity contribution is 0.599. The molecule has 1 aliphatic rings. The van der Waals surface area contributed by atoms with Crippen LogP contribution in [-0.2, 0) is 0 Å². The van der Waals surface area contributed by atoms with Gasteiger partial charge in [-0.2, -0.15) is 0 Å². The number of nitrogens with two attached hydrogens (primary N) is 1. The van der Waals surface area contributed by atoms with Gasteiger partial charge < -0.3 is 5.73 Å². The SMILES string of the molecule is Cc1cccc([C@H]2[C@H](N)C2(C)C)c1. The molecule has 1 aromatic carbocycles. The van der Waals surface area contributed by atoms with Crippen LogP contribution in [0.1, 0.15) is 30.9 Å². The predicted octanol–water partition coefficient (Wildman–Crippen LogP) is 2.45. The van der Waals surface area contributed by atoms with Crippen LogP contribution < -0.4 is 5.73 Å². The Hall–Kier alpha value is -0.820. The van der Waals surface area contributed by atoms with E-state index in [2.05, 4.69) is 45.0 Å². The number of rotatable bonds is 1. The third-order valence-electron chi connectivity index (χ3n) is 3.31. The maximum absolute atomic E-state index is 6.03. The number of hydrogen-bond donors (Lipinski definition) is 1. The van der Waals surface area contributed by atoms with E-state index in [1.165, 1.54) is 11.1 Å². The molecule has 70 valence electrons. The van der Waals surface area contributed by atoms with Gasteiger partial charge in [0.15, 0.2) is 0 Å². The molecule has 0 aromatic heterocycles. The monoisotopic (exact) mass is 175 g/mol. The van der Waals surface area contributed by atoms with Crippen LogP contribution in [0.5, 0.6) is 0 Å². The Morgan fingerprint density at radius 2 is 1.92 bits per heavy atom. The van der Waals surface area contributed by atoms with Crippen molar-refractivity contribution in [1.29, 1.82) is 0 Å². The molecule has 0 amide bonds. The maximum atomic E-state index is 6.03. The molecule has 1 aliphatic carbocycles. The highest BCUT2D eigenvalue weighted by molar-refractivity contribution is 5.36. The lowest BCUT2D eigenvalue weighted by Crippen LogP contribution is -2.06. The molecule has 0 unspecified atom stereocenters. The van der Waals surface area contributed by atoms with E-state index in [1.54, 1.807) is 0 Å². The molecule has 0 saturated heterocycles. The number of aryl methyl sites for hydroxylation is 1. The second kappa shape index (κ2) is 2.58. The molecule has 0 radical (unpaired) electrons. The molecular formula is C12H17N. The molecule has 2 atom stereocenters. The van der Waals surface area contributed by atoms with Crippen molar-refractivity contribution in [3.63, 3.8) is 0 Å². The van der Waals surface area contributed by atoms with Gasteiger partial charge in [-0.1, -0.05) is 43.7 Å². The lowest BCUT2D eigenvalue weighted by Gasteiger charge is -2.03. The van der Waals surface area contributed by atoms with E-state index in [-0.39, 0.29) is 0 Å². The van der Waals surface area contributed by atoms with Crippen molar-refractivity contribution in [2.45, 2.75) is 32.7 Å². The standard InChI is InChI=1S/C12H17N/c1-8-5-4-6-9(7-8)10-11(13)12(10,2)3/h4-7,10-11H,13H2,1-3H3/t10-,11-/m0/s1. The van der Waals surface area contributed by atoms with Crippen LogP contribution in [0.3, 0.4) is 0 Å². The van der Waals surface area contributed by atoms with Gasteiger partial charge in [-0.25, -0.2) is 0 Å². The van der Waals surface area contributed by atoms with Crippen molar-refractivity contribution in [2.24, 2.45) is 11.1 Å². The average molecular weight is 175 g/mol. The van der Waals surface area contributed by atoms with Crippen LogP contribution in [0.15, 0.2) is 24.3 Å². The molecule has 2 rings (SSSR count). The van der Waals surface area contributed by atoms with Crippen LogP contribution in [0, 0.1) is 12.3 Å². The van der Waals surface area contributed by atoms with E-state index in [1.807, 2.05) is 0 Å². The predicted molar refractivity (Wildman–Crippen MR) is 55.7 cm³/mol. The Bertz CT molecular complexity index is 328. The van der Waals surface area contributed by atoms with E-state index in [4.69, 9.17) is 5.73 Å². The minimum Gasteiger partial charge on any atom is -0.327 e. The quantitative estimate of drug-likeness (QED) is 0.697. The minimum absolute atomic E-state index is 0.299. The molecule has 0 spiro atoms. The van der Waals surface area contributed by atoms with Crippen LogP contribution in [0.4, 0.5) is 0 Å². The van der Waals surface area contributed by atoms with Gasteiger partial charge >= 0.3 is 0 Å². The van der Waals surface area contributed by atoms with Crippen molar-refractivity contribution < 1.29 is 0 Å². The van der Waals surface area contributed by atoms with Gasteiger partial charge in [-0.15, -0.1) is 0 Å². The van der Waals surface area contributed by atoms with Crippen LogP contribution in [0.2, 0.25) is 0 Å². The summed E-state index contributed by atoms with van der Waals surface area (Å²) in [4.78, 5) is 0. The lowest BCUT2D eigenvalue weighted by atomic mass is 10.0. The van der Waals surface area contributed by atoms with E-state index in [0.717, 1.165) is 0 Å². The highest BCUT2D eigenvalue weighted by atomic mass is 14.8. The summed E-state index contributed by atoms with van der Waals surface area (Å²) in [5, 5.41) is 0. The first-order valence-electron chi connectivity index (χ1n) is 4.85. The summed E-state index contributed by atoms with van der Waals surface area (Å²) >= 11 is 0. The number of benzene rings is 1. The van der Waals surface area contributed by atoms with Gasteiger partial charge in [0, 0.05) is 12.0 Å². The molecule has 1 saturated carbocycles. The summed E-state index contributed by atoms with van der Waals surface area (Å²) < 4.78 is 0. The van der Waals surface area contributed by atoms with Gasteiger partial charge in [-0.3, -0.25) is 0 Å². The first-order chi connectivity index (χ1) is 6.03. The molecule has 1 aromatic rings. The van der Waals surface area contributed by atoms with E-state index in [9.17, 15) is 0 Å². The fourth-order valence-corrected chi connectivity index (χ4v) is 2.18. The molecule has 0 heterocycles. The van der Waals surface area contributed by atoms with Gasteiger partial charge in [0.25, 0.3) is 0 Å². The van der Waals surface area contributed by atoms with Crippen molar-refractivity contribution in [3.05, 3.63) is 35.4 Å². The van der Waals surface area contributed by atoms with Crippen molar-refractivity contribution >= 4 is 0 Å². The third-order valence-corrected chi connectivity index (χ3v) is 3.31. The Labute approximate surface area is 80.0 Å². The van der Waals surface area contributed by atoms with Gasteiger partial charge in [0.1, 0.15) is 0 Å². The van der Waals surface area contributed by atoms with Gasteiger partial charge in [0.2, 0.25) is 0 Å². The Morgan fingerprint density at radius 3 is 2.38 bits per heavy atom. The summed E-state index contributed by atoms with van der Waals surface area (Å²) in [6.07, 6.45) is 0. The number of hydrogen-bond acceptors (Lipinski definition) is 1.